The van der Waals surface area contributed by atoms with Crippen LogP contribution in [0, 0.1) is 0 Å². The van der Waals surface area contributed by atoms with Crippen molar-refractivity contribution >= 4 is 11.9 Å². The van der Waals surface area contributed by atoms with Crippen LogP contribution < -0.4 is 4.74 Å². The Morgan fingerprint density at radius 1 is 0.593 bits per heavy atom. The van der Waals surface area contributed by atoms with E-state index in [2.05, 4.69) is 6.08 Å². The Hall–Kier alpha value is -3.65. The number of carbonyl (C=O) groups excluding carboxylic acids is 1. The summed E-state index contributed by atoms with van der Waals surface area (Å²) in [4.78, 5) is 0. The Kier molecular flexibility index (Phi) is 5.07. The van der Waals surface area contributed by atoms with Crippen molar-refractivity contribution in [1.82, 2.24) is 0 Å². The summed E-state index contributed by atoms with van der Waals surface area (Å²) in [6, 6.07) is 27.6. The van der Waals surface area contributed by atoms with Gasteiger partial charge in [0.1, 0.15) is 11.5 Å². The molecule has 0 aromatic heterocycles. The molecule has 2 heteroatoms. The van der Waals surface area contributed by atoms with E-state index >= 15 is 0 Å². The molecule has 0 aliphatic heterocycles. The Morgan fingerprint density at radius 2 is 1.19 bits per heavy atom. The minimum absolute atomic E-state index is 0.824. The van der Waals surface area contributed by atoms with Crippen LogP contribution >= 0.6 is 0 Å². The molecule has 2 nitrogen and oxygen atoms in total. The number of para-hydroxylation sites is 2. The van der Waals surface area contributed by atoms with Gasteiger partial charge in [-0.15, -0.1) is 0 Å². The third-order valence-corrected chi connectivity index (χ3v) is 4.05. The highest BCUT2D eigenvalue weighted by molar-refractivity contribution is 6.02. The van der Waals surface area contributed by atoms with Gasteiger partial charge in [-0.25, -0.2) is 4.42 Å². The molecule has 0 heterocycles. The van der Waals surface area contributed by atoms with Gasteiger partial charge in [-0.05, 0) is 53.6 Å². The van der Waals surface area contributed by atoms with Crippen LogP contribution in [0.15, 0.2) is 115 Å². The molecular formula is C25H19O2+. The smallest absolute Gasteiger partial charge is 0.353 e. The molecule has 0 amide bonds. The third-order valence-electron chi connectivity index (χ3n) is 4.05. The van der Waals surface area contributed by atoms with Crippen LogP contribution in [0.1, 0.15) is 5.56 Å². The first-order valence-corrected chi connectivity index (χ1v) is 8.86. The Morgan fingerprint density at radius 3 is 1.85 bits per heavy atom. The molecule has 3 aromatic rings. The van der Waals surface area contributed by atoms with Gasteiger partial charge in [-0.1, -0.05) is 48.5 Å². The minimum atomic E-state index is 0.824. The lowest BCUT2D eigenvalue weighted by Crippen LogP contribution is -1.95. The first-order valence-electron chi connectivity index (χ1n) is 8.86. The summed E-state index contributed by atoms with van der Waals surface area (Å²) in [5.74, 6) is 3.32. The fourth-order valence-electron chi connectivity index (χ4n) is 2.71. The minimum Gasteiger partial charge on any atom is -0.457 e. The van der Waals surface area contributed by atoms with Crippen molar-refractivity contribution in [3.63, 3.8) is 0 Å². The standard InChI is InChI=1S/C25H19O2/c1-3-7-22(8-4-1)26-24-15-11-20(12-16-24)19-21-13-17-25(18-14-21)27-23-9-5-2-6-10-23/h1-19H/q+1. The number of allylic oxidation sites excluding steroid dienone is 5. The lowest BCUT2D eigenvalue weighted by atomic mass is 10.1. The zero-order valence-corrected chi connectivity index (χ0v) is 14.8. The van der Waals surface area contributed by atoms with Crippen LogP contribution in [0.25, 0.3) is 6.08 Å². The molecule has 0 bridgehead atoms. The lowest BCUT2D eigenvalue weighted by molar-refractivity contribution is -0.364. The maximum atomic E-state index is 5.83. The molecule has 0 saturated carbocycles. The summed E-state index contributed by atoms with van der Waals surface area (Å²) >= 11 is 0. The molecule has 130 valence electrons. The maximum absolute atomic E-state index is 5.83. The van der Waals surface area contributed by atoms with Crippen LogP contribution in [0.3, 0.4) is 0 Å². The fourth-order valence-corrected chi connectivity index (χ4v) is 2.71. The van der Waals surface area contributed by atoms with Crippen molar-refractivity contribution in [1.29, 1.82) is 0 Å². The summed E-state index contributed by atoms with van der Waals surface area (Å²) in [5, 5.41) is 0. The van der Waals surface area contributed by atoms with Gasteiger partial charge >= 0.3 is 11.5 Å². The Balaban J connectivity index is 1.43. The molecule has 0 unspecified atom stereocenters. The Labute approximate surface area is 159 Å². The van der Waals surface area contributed by atoms with Crippen molar-refractivity contribution in [3.05, 3.63) is 120 Å². The molecule has 3 aromatic carbocycles. The molecule has 1 aliphatic carbocycles. The van der Waals surface area contributed by atoms with Gasteiger partial charge in [0, 0.05) is 24.3 Å². The van der Waals surface area contributed by atoms with Crippen LogP contribution in [-0.4, -0.2) is 5.78 Å². The first-order chi connectivity index (χ1) is 13.3. The van der Waals surface area contributed by atoms with Crippen molar-refractivity contribution in [2.75, 3.05) is 0 Å². The molecule has 0 spiro atoms. The molecule has 4 rings (SSSR count). The van der Waals surface area contributed by atoms with Gasteiger partial charge in [-0.3, -0.25) is 0 Å². The molecule has 1 aliphatic rings. The van der Waals surface area contributed by atoms with Gasteiger partial charge in [0.25, 0.3) is 0 Å². The summed E-state index contributed by atoms with van der Waals surface area (Å²) in [7, 11) is 0. The SMILES string of the molecule is C1=CC(=[O+]c2ccccc2)C=CC1=Cc1ccc(Oc2ccccc2)cc1. The first kappa shape index (κ1) is 16.8. The second kappa shape index (κ2) is 8.15. The van der Waals surface area contributed by atoms with E-state index in [4.69, 9.17) is 9.16 Å². The van der Waals surface area contributed by atoms with E-state index in [1.54, 1.807) is 0 Å². The number of ether oxygens (including phenoxy) is 1. The van der Waals surface area contributed by atoms with Gasteiger partial charge in [0.2, 0.25) is 0 Å². The van der Waals surface area contributed by atoms with Gasteiger partial charge in [-0.2, -0.15) is 0 Å². The van der Waals surface area contributed by atoms with E-state index in [1.807, 2.05) is 109 Å². The maximum Gasteiger partial charge on any atom is 0.353 e. The highest BCUT2D eigenvalue weighted by Crippen LogP contribution is 2.22. The van der Waals surface area contributed by atoms with Crippen LogP contribution in [-0.2, 0) is 4.42 Å². The number of rotatable bonds is 4. The second-order valence-corrected chi connectivity index (χ2v) is 6.11. The number of ketones is 1. The summed E-state index contributed by atoms with van der Waals surface area (Å²) in [5.41, 5.74) is 2.24. The van der Waals surface area contributed by atoms with E-state index < -0.39 is 0 Å². The van der Waals surface area contributed by atoms with Gasteiger partial charge in [0.05, 0.1) is 0 Å². The van der Waals surface area contributed by atoms with E-state index in [0.29, 0.717) is 0 Å². The van der Waals surface area contributed by atoms with E-state index in [0.717, 1.165) is 34.2 Å². The number of hydrogen-bond donors (Lipinski definition) is 0. The number of hydrogen-bond acceptors (Lipinski definition) is 1. The third kappa shape index (κ3) is 4.71. The summed E-state index contributed by atoms with van der Waals surface area (Å²) in [6.07, 6.45) is 10.2. The van der Waals surface area contributed by atoms with Crippen molar-refractivity contribution < 1.29 is 9.16 Å². The van der Waals surface area contributed by atoms with Crippen molar-refractivity contribution in [2.24, 2.45) is 0 Å². The molecule has 0 fully saturated rings. The molecule has 0 atom stereocenters. The summed E-state index contributed by atoms with van der Waals surface area (Å²) in [6.45, 7) is 0. The summed E-state index contributed by atoms with van der Waals surface area (Å²) < 4.78 is 11.7. The predicted molar refractivity (Wildman–Crippen MR) is 110 cm³/mol. The van der Waals surface area contributed by atoms with Crippen LogP contribution in [0.4, 0.5) is 0 Å². The van der Waals surface area contributed by atoms with Crippen molar-refractivity contribution in [3.8, 4) is 17.2 Å². The average Bonchev–Trinajstić information content (AvgIpc) is 2.73. The average molecular weight is 351 g/mol. The Bertz CT molecular complexity index is 991. The van der Waals surface area contributed by atoms with Crippen molar-refractivity contribution in [2.45, 2.75) is 0 Å². The van der Waals surface area contributed by atoms with Crippen LogP contribution in [0.2, 0.25) is 0 Å². The normalized spacial score (nSPS) is 12.7. The molecule has 27 heavy (non-hydrogen) atoms. The number of benzene rings is 3. The molecule has 0 radical (unpaired) electrons. The molecule has 0 N–H and O–H groups in total. The highest BCUT2D eigenvalue weighted by Gasteiger charge is 2.10. The highest BCUT2D eigenvalue weighted by atomic mass is 16.5. The van der Waals surface area contributed by atoms with Crippen LogP contribution in [0.5, 0.6) is 17.2 Å². The molecule has 0 saturated heterocycles. The van der Waals surface area contributed by atoms with Gasteiger partial charge < -0.3 is 4.74 Å². The predicted octanol–water partition coefficient (Wildman–Crippen LogP) is 6.51. The lowest BCUT2D eigenvalue weighted by Gasteiger charge is -2.05. The zero-order chi connectivity index (χ0) is 18.3. The van der Waals surface area contributed by atoms with E-state index in [9.17, 15) is 0 Å². The fraction of sp³-hybridized carbons (Fsp3) is 0. The largest absolute Gasteiger partial charge is 0.457 e. The molecular weight excluding hydrogens is 332 g/mol. The second-order valence-electron chi connectivity index (χ2n) is 6.11. The quantitative estimate of drug-likeness (QED) is 0.491. The zero-order valence-electron chi connectivity index (χ0n) is 14.8. The monoisotopic (exact) mass is 351 g/mol. The van der Waals surface area contributed by atoms with Gasteiger partial charge in [0.15, 0.2) is 0 Å². The topological polar surface area (TPSA) is 20.5 Å². The van der Waals surface area contributed by atoms with E-state index in [-0.39, 0.29) is 0 Å². The van der Waals surface area contributed by atoms with E-state index in [1.165, 1.54) is 0 Å².